The van der Waals surface area contributed by atoms with Crippen LogP contribution in [0, 0.1) is 6.92 Å². The molecule has 1 saturated heterocycles. The monoisotopic (exact) mass is 221 g/mol. The van der Waals surface area contributed by atoms with E-state index in [1.54, 1.807) is 11.1 Å². The number of aromatic nitrogens is 2. The van der Waals surface area contributed by atoms with Gasteiger partial charge >= 0.3 is 0 Å². The first kappa shape index (κ1) is 11.0. The van der Waals surface area contributed by atoms with Gasteiger partial charge in [0, 0.05) is 19.3 Å². The van der Waals surface area contributed by atoms with Crippen LogP contribution in [0.15, 0.2) is 12.4 Å². The summed E-state index contributed by atoms with van der Waals surface area (Å²) in [6, 6.07) is 0. The van der Waals surface area contributed by atoms with Crippen LogP contribution in [0.3, 0.4) is 0 Å². The number of piperidine rings is 1. The van der Waals surface area contributed by atoms with Gasteiger partial charge in [-0.2, -0.15) is 0 Å². The summed E-state index contributed by atoms with van der Waals surface area (Å²) in [5.74, 6) is -0.0978. The molecule has 86 valence electrons. The molecule has 0 spiro atoms. The Morgan fingerprint density at radius 2 is 2.06 bits per heavy atom. The van der Waals surface area contributed by atoms with Crippen LogP contribution in [0.25, 0.3) is 0 Å². The molecule has 0 aromatic carbocycles. The predicted molar refractivity (Wildman–Crippen MR) is 57.9 cm³/mol. The number of aliphatic hydroxyl groups excluding tert-OH is 1. The van der Waals surface area contributed by atoms with Crippen molar-refractivity contribution in [1.82, 2.24) is 14.9 Å². The molecule has 1 aliphatic rings. The molecule has 1 aliphatic heterocycles. The molecule has 0 radical (unpaired) electrons. The molecule has 0 aliphatic carbocycles. The van der Waals surface area contributed by atoms with Gasteiger partial charge in [0.2, 0.25) is 0 Å². The van der Waals surface area contributed by atoms with Gasteiger partial charge in [0.15, 0.2) is 0 Å². The van der Waals surface area contributed by atoms with Crippen molar-refractivity contribution in [3.8, 4) is 0 Å². The first-order chi connectivity index (χ1) is 7.66. The highest BCUT2D eigenvalue weighted by atomic mass is 16.3. The molecule has 0 atom stereocenters. The summed E-state index contributed by atoms with van der Waals surface area (Å²) in [5.41, 5.74) is 1.17. The lowest BCUT2D eigenvalue weighted by Gasteiger charge is -2.29. The second-order valence-electron chi connectivity index (χ2n) is 4.07. The number of hydrogen-bond acceptors (Lipinski definition) is 4. The normalized spacial score (nSPS) is 17.5. The molecule has 16 heavy (non-hydrogen) atoms. The number of nitrogens with zero attached hydrogens (tertiary/aromatic N) is 3. The number of amides is 1. The van der Waals surface area contributed by atoms with Gasteiger partial charge in [0.1, 0.15) is 5.69 Å². The van der Waals surface area contributed by atoms with E-state index < -0.39 is 0 Å². The Bertz CT molecular complexity index is 369. The van der Waals surface area contributed by atoms with Gasteiger partial charge in [-0.3, -0.25) is 9.78 Å². The fourth-order valence-electron chi connectivity index (χ4n) is 1.73. The van der Waals surface area contributed by atoms with Crippen molar-refractivity contribution in [3.05, 3.63) is 23.8 Å². The molecule has 1 N–H and O–H groups in total. The number of carbonyl (C=O) groups is 1. The van der Waals surface area contributed by atoms with Crippen molar-refractivity contribution < 1.29 is 9.90 Å². The van der Waals surface area contributed by atoms with Gasteiger partial charge < -0.3 is 10.0 Å². The Morgan fingerprint density at radius 3 is 2.62 bits per heavy atom. The summed E-state index contributed by atoms with van der Waals surface area (Å²) in [4.78, 5) is 21.8. The van der Waals surface area contributed by atoms with Crippen LogP contribution in [0.2, 0.25) is 0 Å². The molecular weight excluding hydrogens is 206 g/mol. The molecule has 5 nitrogen and oxygen atoms in total. The molecule has 0 bridgehead atoms. The summed E-state index contributed by atoms with van der Waals surface area (Å²) in [6.45, 7) is 3.02. The molecule has 0 saturated carbocycles. The molecule has 1 aromatic rings. The van der Waals surface area contributed by atoms with Crippen molar-refractivity contribution in [2.45, 2.75) is 25.9 Å². The van der Waals surface area contributed by atoms with Crippen molar-refractivity contribution in [2.75, 3.05) is 13.1 Å². The Hall–Kier alpha value is -1.49. The van der Waals surface area contributed by atoms with E-state index in [9.17, 15) is 9.90 Å². The van der Waals surface area contributed by atoms with Crippen LogP contribution < -0.4 is 0 Å². The van der Waals surface area contributed by atoms with Gasteiger partial charge in [-0.05, 0) is 19.8 Å². The van der Waals surface area contributed by atoms with E-state index in [2.05, 4.69) is 9.97 Å². The molecule has 1 fully saturated rings. The zero-order valence-corrected chi connectivity index (χ0v) is 9.26. The van der Waals surface area contributed by atoms with E-state index in [1.165, 1.54) is 6.20 Å². The third-order valence-electron chi connectivity index (χ3n) is 2.75. The molecular formula is C11H15N3O2. The lowest BCUT2D eigenvalue weighted by atomic mass is 10.1. The Kier molecular flexibility index (Phi) is 3.14. The van der Waals surface area contributed by atoms with Crippen molar-refractivity contribution >= 4 is 5.91 Å². The van der Waals surface area contributed by atoms with Gasteiger partial charge in [-0.25, -0.2) is 4.98 Å². The van der Waals surface area contributed by atoms with E-state index >= 15 is 0 Å². The van der Waals surface area contributed by atoms with Crippen molar-refractivity contribution in [3.63, 3.8) is 0 Å². The van der Waals surface area contributed by atoms with Crippen LogP contribution in [-0.4, -0.2) is 45.1 Å². The number of hydrogen-bond donors (Lipinski definition) is 1. The molecule has 5 heteroatoms. The second-order valence-corrected chi connectivity index (χ2v) is 4.07. The van der Waals surface area contributed by atoms with Gasteiger partial charge in [0.25, 0.3) is 5.91 Å². The maximum Gasteiger partial charge on any atom is 0.274 e. The van der Waals surface area contributed by atoms with Gasteiger partial charge in [-0.15, -0.1) is 0 Å². The highest BCUT2D eigenvalue weighted by Gasteiger charge is 2.23. The number of aryl methyl sites for hydroxylation is 1. The minimum atomic E-state index is -0.270. The summed E-state index contributed by atoms with van der Waals surface area (Å²) < 4.78 is 0. The minimum absolute atomic E-state index is 0.0978. The topological polar surface area (TPSA) is 66.3 Å². The van der Waals surface area contributed by atoms with Crippen LogP contribution in [0.4, 0.5) is 0 Å². The van der Waals surface area contributed by atoms with E-state index in [0.29, 0.717) is 31.6 Å². The summed E-state index contributed by atoms with van der Waals surface area (Å²) in [5, 5.41) is 9.35. The number of aliphatic hydroxyl groups is 1. The van der Waals surface area contributed by atoms with E-state index in [-0.39, 0.29) is 12.0 Å². The van der Waals surface area contributed by atoms with Gasteiger partial charge in [0.05, 0.1) is 18.0 Å². The Balaban J connectivity index is 2.05. The fraction of sp³-hybridized carbons (Fsp3) is 0.545. The molecule has 0 unspecified atom stereocenters. The zero-order chi connectivity index (χ0) is 11.5. The highest BCUT2D eigenvalue weighted by Crippen LogP contribution is 2.12. The minimum Gasteiger partial charge on any atom is -0.393 e. The standard InChI is InChI=1S/C11H15N3O2/c1-8-6-13-10(7-12-8)11(16)14-4-2-9(15)3-5-14/h6-7,9,15H,2-5H2,1H3. The number of rotatable bonds is 1. The first-order valence-corrected chi connectivity index (χ1v) is 5.43. The summed E-state index contributed by atoms with van der Waals surface area (Å²) >= 11 is 0. The summed E-state index contributed by atoms with van der Waals surface area (Å²) in [7, 11) is 0. The molecule has 1 aromatic heterocycles. The van der Waals surface area contributed by atoms with E-state index in [4.69, 9.17) is 0 Å². The average molecular weight is 221 g/mol. The lowest BCUT2D eigenvalue weighted by molar-refractivity contribution is 0.0541. The average Bonchev–Trinajstić information content (AvgIpc) is 2.30. The second kappa shape index (κ2) is 4.57. The Morgan fingerprint density at radius 1 is 1.38 bits per heavy atom. The first-order valence-electron chi connectivity index (χ1n) is 5.43. The maximum atomic E-state index is 12.0. The molecule has 2 rings (SSSR count). The van der Waals surface area contributed by atoms with Crippen LogP contribution in [0.5, 0.6) is 0 Å². The third-order valence-corrected chi connectivity index (χ3v) is 2.75. The summed E-state index contributed by atoms with van der Waals surface area (Å²) in [6.07, 6.45) is 4.11. The van der Waals surface area contributed by atoms with Crippen LogP contribution in [-0.2, 0) is 0 Å². The van der Waals surface area contributed by atoms with Gasteiger partial charge in [-0.1, -0.05) is 0 Å². The molecule has 1 amide bonds. The highest BCUT2D eigenvalue weighted by molar-refractivity contribution is 5.92. The van der Waals surface area contributed by atoms with Crippen molar-refractivity contribution in [2.24, 2.45) is 0 Å². The lowest BCUT2D eigenvalue weighted by Crippen LogP contribution is -2.40. The smallest absolute Gasteiger partial charge is 0.274 e. The largest absolute Gasteiger partial charge is 0.393 e. The molecule has 2 heterocycles. The Labute approximate surface area is 94.1 Å². The predicted octanol–water partition coefficient (Wildman–Crippen LogP) is 0.382. The van der Waals surface area contributed by atoms with Crippen molar-refractivity contribution in [1.29, 1.82) is 0 Å². The van der Waals surface area contributed by atoms with E-state index in [1.807, 2.05) is 6.92 Å². The van der Waals surface area contributed by atoms with E-state index in [0.717, 1.165) is 5.69 Å². The van der Waals surface area contributed by atoms with Crippen LogP contribution >= 0.6 is 0 Å². The number of likely N-dealkylation sites (tertiary alicyclic amines) is 1. The maximum absolute atomic E-state index is 12.0. The fourth-order valence-corrected chi connectivity index (χ4v) is 1.73. The SMILES string of the molecule is Cc1cnc(C(=O)N2CCC(O)CC2)cn1. The third kappa shape index (κ3) is 2.36. The zero-order valence-electron chi connectivity index (χ0n) is 9.26. The quantitative estimate of drug-likeness (QED) is 0.744. The van der Waals surface area contributed by atoms with Crippen LogP contribution in [0.1, 0.15) is 29.0 Å². The number of carbonyl (C=O) groups excluding carboxylic acids is 1.